The van der Waals surface area contributed by atoms with E-state index in [0.29, 0.717) is 10.8 Å². The van der Waals surface area contributed by atoms with Crippen LogP contribution in [0.3, 0.4) is 0 Å². The van der Waals surface area contributed by atoms with Crippen LogP contribution < -0.4 is 14.4 Å². The summed E-state index contributed by atoms with van der Waals surface area (Å²) in [6.07, 6.45) is 0.726. The average molecular weight is 586 g/mol. The van der Waals surface area contributed by atoms with Gasteiger partial charge >= 0.3 is 0 Å². The molecule has 0 fully saturated rings. The minimum atomic E-state index is -4.14. The number of rotatable bonds is 12. The average Bonchev–Trinajstić information content (AvgIpc) is 2.95. The summed E-state index contributed by atoms with van der Waals surface area (Å²) in [7, 11) is -2.58. The Kier molecular flexibility index (Phi) is 10.6. The number of anilines is 1. The van der Waals surface area contributed by atoms with Crippen LogP contribution in [-0.4, -0.2) is 50.9 Å². The summed E-state index contributed by atoms with van der Waals surface area (Å²) in [5.74, 6) is -0.203. The number of ether oxygens (including phenoxy) is 1. The minimum absolute atomic E-state index is 0.0464. The predicted octanol–water partition coefficient (Wildman–Crippen LogP) is 5.18. The van der Waals surface area contributed by atoms with E-state index >= 15 is 0 Å². The highest BCUT2D eigenvalue weighted by Gasteiger charge is 2.32. The predicted molar refractivity (Wildman–Crippen MR) is 158 cm³/mol. The van der Waals surface area contributed by atoms with Gasteiger partial charge in [0.25, 0.3) is 10.0 Å². The SMILES string of the molecule is CC[C@H](C)NC(=O)[C@H](C)N(Cc1ccc(OC)cc1)C(=O)CN(c1ccc(Cl)cc1)S(=O)(=O)c1ccc(C)cc1. The van der Waals surface area contributed by atoms with Crippen LogP contribution in [0.1, 0.15) is 38.3 Å². The first-order valence-electron chi connectivity index (χ1n) is 13.0. The Bertz CT molecular complexity index is 1390. The van der Waals surface area contributed by atoms with E-state index in [0.717, 1.165) is 21.9 Å². The molecule has 2 atom stereocenters. The summed E-state index contributed by atoms with van der Waals surface area (Å²) in [6.45, 7) is 6.92. The van der Waals surface area contributed by atoms with Gasteiger partial charge in [-0.25, -0.2) is 8.42 Å². The standard InChI is InChI=1S/C30H36ClN3O5S/c1-6-22(3)32-30(36)23(4)33(19-24-9-15-27(39-5)16-10-24)29(35)20-34(26-13-11-25(31)12-14-26)40(37,38)28-17-7-21(2)8-18-28/h7-18,22-23H,6,19-20H2,1-5H3,(H,32,36)/t22-,23-/m0/s1. The molecule has 0 spiro atoms. The Morgan fingerprint density at radius 3 is 2.10 bits per heavy atom. The number of hydrogen-bond acceptors (Lipinski definition) is 5. The lowest BCUT2D eigenvalue weighted by Crippen LogP contribution is -2.52. The highest BCUT2D eigenvalue weighted by atomic mass is 35.5. The second-order valence-corrected chi connectivity index (χ2v) is 12.0. The summed E-state index contributed by atoms with van der Waals surface area (Å²) in [4.78, 5) is 28.5. The number of benzene rings is 3. The van der Waals surface area contributed by atoms with Crippen LogP contribution in [0.25, 0.3) is 0 Å². The van der Waals surface area contributed by atoms with E-state index in [1.807, 2.05) is 20.8 Å². The number of nitrogens with one attached hydrogen (secondary N) is 1. The van der Waals surface area contributed by atoms with E-state index in [1.54, 1.807) is 74.7 Å². The topological polar surface area (TPSA) is 96.0 Å². The van der Waals surface area contributed by atoms with Gasteiger partial charge in [0.2, 0.25) is 11.8 Å². The second-order valence-electron chi connectivity index (χ2n) is 9.66. The number of carbonyl (C=O) groups excluding carboxylic acids is 2. The van der Waals surface area contributed by atoms with Crippen molar-refractivity contribution in [3.8, 4) is 5.75 Å². The monoisotopic (exact) mass is 585 g/mol. The van der Waals surface area contributed by atoms with E-state index in [4.69, 9.17) is 16.3 Å². The van der Waals surface area contributed by atoms with Crippen LogP contribution in [0.5, 0.6) is 5.75 Å². The van der Waals surface area contributed by atoms with Gasteiger partial charge in [0.05, 0.1) is 17.7 Å². The number of hydrogen-bond donors (Lipinski definition) is 1. The molecule has 1 N–H and O–H groups in total. The van der Waals surface area contributed by atoms with Crippen molar-refractivity contribution >= 4 is 39.1 Å². The number of halogens is 1. The Hall–Kier alpha value is -3.56. The molecule has 0 aliphatic carbocycles. The molecule has 0 saturated carbocycles. The summed E-state index contributed by atoms with van der Waals surface area (Å²) in [5.41, 5.74) is 1.94. The molecule has 0 aromatic heterocycles. The van der Waals surface area contributed by atoms with Crippen LogP contribution in [-0.2, 0) is 26.2 Å². The van der Waals surface area contributed by atoms with Gasteiger partial charge in [0.15, 0.2) is 0 Å². The third kappa shape index (κ3) is 7.76. The van der Waals surface area contributed by atoms with Crippen molar-refractivity contribution in [3.05, 3.63) is 88.9 Å². The Balaban J connectivity index is 2.01. The van der Waals surface area contributed by atoms with Gasteiger partial charge < -0.3 is 15.0 Å². The third-order valence-electron chi connectivity index (χ3n) is 6.68. The molecule has 214 valence electrons. The Labute approximate surface area is 241 Å². The highest BCUT2D eigenvalue weighted by molar-refractivity contribution is 7.92. The normalized spacial score (nSPS) is 12.8. The smallest absolute Gasteiger partial charge is 0.264 e. The summed E-state index contributed by atoms with van der Waals surface area (Å²) < 4.78 is 34.0. The first-order valence-corrected chi connectivity index (χ1v) is 14.9. The molecule has 10 heteroatoms. The fourth-order valence-corrected chi connectivity index (χ4v) is 5.49. The maximum atomic E-state index is 13.9. The first kappa shape index (κ1) is 31.0. The first-order chi connectivity index (χ1) is 19.0. The van der Waals surface area contributed by atoms with Crippen molar-refractivity contribution in [3.63, 3.8) is 0 Å². The van der Waals surface area contributed by atoms with Gasteiger partial charge in [0, 0.05) is 17.6 Å². The minimum Gasteiger partial charge on any atom is -0.497 e. The lowest BCUT2D eigenvalue weighted by atomic mass is 10.1. The second kappa shape index (κ2) is 13.7. The van der Waals surface area contributed by atoms with Crippen molar-refractivity contribution in [1.29, 1.82) is 0 Å². The molecule has 0 unspecified atom stereocenters. The molecule has 3 rings (SSSR count). The van der Waals surface area contributed by atoms with Gasteiger partial charge in [-0.1, -0.05) is 48.4 Å². The van der Waals surface area contributed by atoms with Crippen molar-refractivity contribution in [2.75, 3.05) is 18.0 Å². The van der Waals surface area contributed by atoms with Crippen LogP contribution in [0.15, 0.2) is 77.7 Å². The lowest BCUT2D eigenvalue weighted by Gasteiger charge is -2.32. The van der Waals surface area contributed by atoms with Crippen molar-refractivity contribution in [2.24, 2.45) is 0 Å². The zero-order valence-electron chi connectivity index (χ0n) is 23.4. The van der Waals surface area contributed by atoms with Gasteiger partial charge in [-0.15, -0.1) is 0 Å². The van der Waals surface area contributed by atoms with Gasteiger partial charge in [-0.2, -0.15) is 0 Å². The Morgan fingerprint density at radius 2 is 1.55 bits per heavy atom. The third-order valence-corrected chi connectivity index (χ3v) is 8.72. The zero-order chi connectivity index (χ0) is 29.4. The number of methoxy groups -OCH3 is 1. The Morgan fingerprint density at radius 1 is 0.950 bits per heavy atom. The number of carbonyl (C=O) groups is 2. The van der Waals surface area contributed by atoms with E-state index in [1.165, 1.54) is 17.0 Å². The molecule has 3 aromatic rings. The molecule has 2 amide bonds. The molecular weight excluding hydrogens is 550 g/mol. The van der Waals surface area contributed by atoms with Crippen LogP contribution >= 0.6 is 11.6 Å². The van der Waals surface area contributed by atoms with Crippen LogP contribution in [0.2, 0.25) is 5.02 Å². The molecular formula is C30H36ClN3O5S. The summed E-state index contributed by atoms with van der Waals surface area (Å²) in [6, 6.07) is 18.8. The molecule has 3 aromatic carbocycles. The fraction of sp³-hybridized carbons (Fsp3) is 0.333. The lowest BCUT2D eigenvalue weighted by molar-refractivity contribution is -0.139. The molecule has 8 nitrogen and oxygen atoms in total. The van der Waals surface area contributed by atoms with Crippen molar-refractivity contribution < 1.29 is 22.7 Å². The highest BCUT2D eigenvalue weighted by Crippen LogP contribution is 2.26. The number of sulfonamides is 1. The molecule has 0 aliphatic heterocycles. The molecule has 0 saturated heterocycles. The fourth-order valence-electron chi connectivity index (χ4n) is 3.95. The zero-order valence-corrected chi connectivity index (χ0v) is 25.0. The van der Waals surface area contributed by atoms with Crippen molar-refractivity contribution in [1.82, 2.24) is 10.2 Å². The van der Waals surface area contributed by atoms with Crippen LogP contribution in [0.4, 0.5) is 5.69 Å². The van der Waals surface area contributed by atoms with Gasteiger partial charge in [-0.05, 0) is 81.3 Å². The summed E-state index contributed by atoms with van der Waals surface area (Å²) in [5, 5.41) is 3.35. The maximum absolute atomic E-state index is 13.9. The quantitative estimate of drug-likeness (QED) is 0.316. The molecule has 0 bridgehead atoms. The molecule has 0 aliphatic rings. The van der Waals surface area contributed by atoms with E-state index in [2.05, 4.69) is 5.32 Å². The van der Waals surface area contributed by atoms with E-state index in [9.17, 15) is 18.0 Å². The van der Waals surface area contributed by atoms with Crippen LogP contribution in [0, 0.1) is 6.92 Å². The van der Waals surface area contributed by atoms with Gasteiger partial charge in [-0.3, -0.25) is 13.9 Å². The maximum Gasteiger partial charge on any atom is 0.264 e. The summed E-state index contributed by atoms with van der Waals surface area (Å²) >= 11 is 6.07. The molecule has 0 heterocycles. The van der Waals surface area contributed by atoms with E-state index < -0.39 is 28.5 Å². The largest absolute Gasteiger partial charge is 0.497 e. The number of aryl methyl sites for hydroxylation is 1. The number of amides is 2. The van der Waals surface area contributed by atoms with Gasteiger partial charge in [0.1, 0.15) is 18.3 Å². The van der Waals surface area contributed by atoms with Crippen molar-refractivity contribution in [2.45, 2.75) is 57.6 Å². The number of nitrogens with zero attached hydrogens (tertiary/aromatic N) is 2. The molecule has 40 heavy (non-hydrogen) atoms. The van der Waals surface area contributed by atoms with E-state index in [-0.39, 0.29) is 29.1 Å². The molecule has 0 radical (unpaired) electrons.